The lowest BCUT2D eigenvalue weighted by atomic mass is 10.0. The Kier molecular flexibility index (Phi) is 2.63. The van der Waals surface area contributed by atoms with E-state index in [9.17, 15) is 0 Å². The number of fused-ring (bicyclic) bond motifs is 1. The Morgan fingerprint density at radius 2 is 2.00 bits per heavy atom. The van der Waals surface area contributed by atoms with Gasteiger partial charge in [-0.2, -0.15) is 0 Å². The van der Waals surface area contributed by atoms with Gasteiger partial charge in [0.05, 0.1) is 11.6 Å². The lowest BCUT2D eigenvalue weighted by molar-refractivity contribution is 0.903. The van der Waals surface area contributed by atoms with Crippen LogP contribution in [0.1, 0.15) is 16.5 Å². The van der Waals surface area contributed by atoms with Crippen molar-refractivity contribution in [3.05, 3.63) is 64.5 Å². The van der Waals surface area contributed by atoms with E-state index >= 15 is 0 Å². The first kappa shape index (κ1) is 10.4. The van der Waals surface area contributed by atoms with Crippen LogP contribution in [-0.2, 0) is 0 Å². The number of nitrogens with zero attached hydrogens (tertiary/aromatic N) is 1. The van der Waals surface area contributed by atoms with Crippen LogP contribution >= 0.6 is 11.3 Å². The topological polar surface area (TPSA) is 38.9 Å². The van der Waals surface area contributed by atoms with Gasteiger partial charge in [0.1, 0.15) is 0 Å². The second-order valence-electron chi connectivity index (χ2n) is 3.91. The summed E-state index contributed by atoms with van der Waals surface area (Å²) in [6, 6.07) is 14.2. The molecule has 1 atom stereocenters. The number of nitrogens with two attached hydrogens (primary N) is 1. The largest absolute Gasteiger partial charge is 0.320 e. The molecule has 2 aromatic heterocycles. The summed E-state index contributed by atoms with van der Waals surface area (Å²) >= 11 is 1.69. The van der Waals surface area contributed by atoms with E-state index in [0.717, 1.165) is 16.5 Å². The van der Waals surface area contributed by atoms with Crippen LogP contribution in [-0.4, -0.2) is 4.98 Å². The Hall–Kier alpha value is -1.71. The molecule has 1 aromatic carbocycles. The molecule has 0 aliphatic heterocycles. The lowest BCUT2D eigenvalue weighted by Gasteiger charge is -2.12. The van der Waals surface area contributed by atoms with Gasteiger partial charge in [-0.15, -0.1) is 11.3 Å². The maximum atomic E-state index is 6.31. The average Bonchev–Trinajstić information content (AvgIpc) is 2.91. The fourth-order valence-corrected chi connectivity index (χ4v) is 2.76. The molecule has 0 bridgehead atoms. The molecule has 0 aliphatic rings. The van der Waals surface area contributed by atoms with Gasteiger partial charge in [0.2, 0.25) is 0 Å². The molecule has 2 nitrogen and oxygen atoms in total. The quantitative estimate of drug-likeness (QED) is 0.746. The summed E-state index contributed by atoms with van der Waals surface area (Å²) in [6.07, 6.45) is 1.81. The molecule has 0 fully saturated rings. The summed E-state index contributed by atoms with van der Waals surface area (Å²) in [5.74, 6) is 0. The highest BCUT2D eigenvalue weighted by atomic mass is 32.1. The van der Waals surface area contributed by atoms with E-state index in [1.54, 1.807) is 11.3 Å². The van der Waals surface area contributed by atoms with Crippen molar-refractivity contribution in [2.45, 2.75) is 6.04 Å². The molecule has 3 aromatic rings. The Balaban J connectivity index is 2.17. The minimum atomic E-state index is -0.0668. The minimum absolute atomic E-state index is 0.0668. The van der Waals surface area contributed by atoms with Crippen molar-refractivity contribution in [1.82, 2.24) is 4.98 Å². The normalized spacial score (nSPS) is 12.8. The SMILES string of the molecule is NC(c1cccs1)c1cccc2ncccc12. The molecule has 0 amide bonds. The van der Waals surface area contributed by atoms with Crippen molar-refractivity contribution in [3.63, 3.8) is 0 Å². The van der Waals surface area contributed by atoms with E-state index in [1.807, 2.05) is 30.5 Å². The maximum Gasteiger partial charge on any atom is 0.0705 e. The van der Waals surface area contributed by atoms with Crippen LogP contribution in [0, 0.1) is 0 Å². The first-order chi connectivity index (χ1) is 8.36. The molecule has 2 N–H and O–H groups in total. The van der Waals surface area contributed by atoms with Crippen LogP contribution in [0.4, 0.5) is 0 Å². The van der Waals surface area contributed by atoms with Crippen LogP contribution < -0.4 is 5.73 Å². The zero-order chi connectivity index (χ0) is 11.7. The molecular weight excluding hydrogens is 228 g/mol. The fraction of sp³-hybridized carbons (Fsp3) is 0.0714. The molecular formula is C14H12N2S. The van der Waals surface area contributed by atoms with Gasteiger partial charge in [0, 0.05) is 16.5 Å². The summed E-state index contributed by atoms with van der Waals surface area (Å²) in [6.45, 7) is 0. The molecule has 3 rings (SSSR count). The minimum Gasteiger partial charge on any atom is -0.320 e. The summed E-state index contributed by atoms with van der Waals surface area (Å²) in [5.41, 5.74) is 8.44. The Bertz CT molecular complexity index is 626. The maximum absolute atomic E-state index is 6.31. The molecule has 84 valence electrons. The summed E-state index contributed by atoms with van der Waals surface area (Å²) in [5, 5.41) is 3.19. The Morgan fingerprint density at radius 3 is 2.82 bits per heavy atom. The first-order valence-corrected chi connectivity index (χ1v) is 6.37. The van der Waals surface area contributed by atoms with Crippen LogP contribution in [0.3, 0.4) is 0 Å². The summed E-state index contributed by atoms with van der Waals surface area (Å²) in [4.78, 5) is 5.54. The monoisotopic (exact) mass is 240 g/mol. The van der Waals surface area contributed by atoms with E-state index in [4.69, 9.17) is 5.73 Å². The summed E-state index contributed by atoms with van der Waals surface area (Å²) in [7, 11) is 0. The number of benzene rings is 1. The van der Waals surface area contributed by atoms with Gasteiger partial charge >= 0.3 is 0 Å². The fourth-order valence-electron chi connectivity index (χ4n) is 2.02. The first-order valence-electron chi connectivity index (χ1n) is 5.49. The van der Waals surface area contributed by atoms with E-state index < -0.39 is 0 Å². The number of thiophene rings is 1. The third-order valence-corrected chi connectivity index (χ3v) is 3.82. The van der Waals surface area contributed by atoms with Gasteiger partial charge in [0.25, 0.3) is 0 Å². The van der Waals surface area contributed by atoms with Crippen molar-refractivity contribution in [2.75, 3.05) is 0 Å². The van der Waals surface area contributed by atoms with Crippen LogP contribution in [0.5, 0.6) is 0 Å². The van der Waals surface area contributed by atoms with Gasteiger partial charge in [-0.1, -0.05) is 24.3 Å². The second-order valence-corrected chi connectivity index (χ2v) is 4.89. The van der Waals surface area contributed by atoms with Crippen LogP contribution in [0.2, 0.25) is 0 Å². The Labute approximate surface area is 104 Å². The smallest absolute Gasteiger partial charge is 0.0705 e. The summed E-state index contributed by atoms with van der Waals surface area (Å²) < 4.78 is 0. The highest BCUT2D eigenvalue weighted by molar-refractivity contribution is 7.10. The van der Waals surface area contributed by atoms with Crippen molar-refractivity contribution >= 4 is 22.2 Å². The Morgan fingerprint density at radius 1 is 1.06 bits per heavy atom. The van der Waals surface area contributed by atoms with Gasteiger partial charge in [0.15, 0.2) is 0 Å². The molecule has 3 heteroatoms. The van der Waals surface area contributed by atoms with Gasteiger partial charge in [-0.3, -0.25) is 4.98 Å². The van der Waals surface area contributed by atoms with Crippen molar-refractivity contribution < 1.29 is 0 Å². The molecule has 0 saturated carbocycles. The third-order valence-electron chi connectivity index (χ3n) is 2.86. The average molecular weight is 240 g/mol. The highest BCUT2D eigenvalue weighted by Gasteiger charge is 2.12. The van der Waals surface area contributed by atoms with Crippen molar-refractivity contribution in [2.24, 2.45) is 5.73 Å². The second kappa shape index (κ2) is 4.28. The van der Waals surface area contributed by atoms with Crippen molar-refractivity contribution in [1.29, 1.82) is 0 Å². The number of rotatable bonds is 2. The lowest BCUT2D eigenvalue weighted by Crippen LogP contribution is -2.10. The van der Waals surface area contributed by atoms with Crippen molar-refractivity contribution in [3.8, 4) is 0 Å². The predicted octanol–water partition coefficient (Wildman–Crippen LogP) is 3.34. The molecule has 0 saturated heterocycles. The number of hydrogen-bond acceptors (Lipinski definition) is 3. The van der Waals surface area contributed by atoms with E-state index in [0.29, 0.717) is 0 Å². The van der Waals surface area contributed by atoms with E-state index in [-0.39, 0.29) is 6.04 Å². The van der Waals surface area contributed by atoms with E-state index in [2.05, 4.69) is 28.6 Å². The van der Waals surface area contributed by atoms with Gasteiger partial charge < -0.3 is 5.73 Å². The molecule has 0 aliphatic carbocycles. The van der Waals surface area contributed by atoms with Gasteiger partial charge in [-0.05, 0) is 29.1 Å². The third kappa shape index (κ3) is 1.84. The molecule has 2 heterocycles. The molecule has 0 spiro atoms. The predicted molar refractivity (Wildman–Crippen MR) is 72.1 cm³/mol. The highest BCUT2D eigenvalue weighted by Crippen LogP contribution is 2.28. The zero-order valence-corrected chi connectivity index (χ0v) is 10.0. The molecule has 1 unspecified atom stereocenters. The molecule has 0 radical (unpaired) electrons. The number of aromatic nitrogens is 1. The van der Waals surface area contributed by atoms with Gasteiger partial charge in [-0.25, -0.2) is 0 Å². The van der Waals surface area contributed by atoms with Crippen LogP contribution in [0.15, 0.2) is 54.0 Å². The van der Waals surface area contributed by atoms with E-state index in [1.165, 1.54) is 4.88 Å². The zero-order valence-electron chi connectivity index (χ0n) is 9.21. The van der Waals surface area contributed by atoms with Crippen LogP contribution in [0.25, 0.3) is 10.9 Å². The number of pyridine rings is 1. The standard InChI is InChI=1S/C14H12N2S/c15-14(13-7-3-9-17-13)11-4-1-6-12-10(11)5-2-8-16-12/h1-9,14H,15H2. The molecule has 17 heavy (non-hydrogen) atoms. The number of hydrogen-bond donors (Lipinski definition) is 1.